The monoisotopic (exact) mass is 281 g/mol. The molecule has 0 aromatic heterocycles. The molecule has 0 bridgehead atoms. The second kappa shape index (κ2) is 4.20. The second-order valence-corrected chi connectivity index (χ2v) is 5.74. The van der Waals surface area contributed by atoms with Crippen molar-refractivity contribution in [1.82, 2.24) is 5.06 Å². The van der Waals surface area contributed by atoms with E-state index in [9.17, 15) is 4.79 Å². The van der Waals surface area contributed by atoms with Gasteiger partial charge in [0.2, 0.25) is 0 Å². The highest BCUT2D eigenvalue weighted by Crippen LogP contribution is 2.63. The number of hydroxylamine groups is 2. The van der Waals surface area contributed by atoms with Gasteiger partial charge in [-0.3, -0.25) is 4.84 Å². The van der Waals surface area contributed by atoms with E-state index >= 15 is 0 Å². The topological polar surface area (TPSA) is 38.8 Å². The lowest BCUT2D eigenvalue weighted by Gasteiger charge is -2.29. The number of nitrogens with zero attached hydrogens (tertiary/aromatic N) is 1. The molecule has 1 aromatic carbocycles. The van der Waals surface area contributed by atoms with Crippen LogP contribution in [0.25, 0.3) is 0 Å². The van der Waals surface area contributed by atoms with Crippen molar-refractivity contribution in [3.63, 3.8) is 0 Å². The van der Waals surface area contributed by atoms with Crippen molar-refractivity contribution < 1.29 is 14.4 Å². The van der Waals surface area contributed by atoms with Gasteiger partial charge in [0.1, 0.15) is 5.60 Å². The van der Waals surface area contributed by atoms with Crippen LogP contribution < -0.4 is 0 Å². The molecule has 19 heavy (non-hydrogen) atoms. The molecule has 1 saturated carbocycles. The summed E-state index contributed by atoms with van der Waals surface area (Å²) in [4.78, 5) is 16.9. The fraction of sp³-hybridized carbons (Fsp3) is 0.500. The third-order valence-corrected chi connectivity index (χ3v) is 4.73. The summed E-state index contributed by atoms with van der Waals surface area (Å²) in [6.07, 6.45) is 1.55. The minimum atomic E-state index is -1.18. The van der Waals surface area contributed by atoms with E-state index in [4.69, 9.17) is 21.2 Å². The van der Waals surface area contributed by atoms with Crippen molar-refractivity contribution in [1.29, 1.82) is 0 Å². The van der Waals surface area contributed by atoms with Gasteiger partial charge in [0, 0.05) is 7.05 Å². The zero-order valence-electron chi connectivity index (χ0n) is 10.9. The number of halogens is 1. The molecule has 1 aromatic rings. The summed E-state index contributed by atoms with van der Waals surface area (Å²) in [7, 11) is 3.17. The van der Waals surface area contributed by atoms with Crippen LogP contribution in [-0.2, 0) is 14.4 Å². The van der Waals surface area contributed by atoms with E-state index in [1.807, 2.05) is 37.4 Å². The highest BCUT2D eigenvalue weighted by atomic mass is 35.5. The number of alkyl halides is 1. The maximum Gasteiger partial charge on any atom is 0.332 e. The van der Waals surface area contributed by atoms with Crippen LogP contribution in [0.4, 0.5) is 0 Å². The van der Waals surface area contributed by atoms with Crippen molar-refractivity contribution in [2.24, 2.45) is 0 Å². The molecule has 0 radical (unpaired) electrons. The molecule has 0 N–H and O–H groups in total. The van der Waals surface area contributed by atoms with Gasteiger partial charge in [-0.2, -0.15) is 5.06 Å². The average Bonchev–Trinajstić information content (AvgIpc) is 3.15. The number of rotatable bonds is 2. The Bertz CT molecular complexity index is 503. The van der Waals surface area contributed by atoms with E-state index in [2.05, 4.69) is 0 Å². The van der Waals surface area contributed by atoms with Crippen LogP contribution in [0.1, 0.15) is 24.4 Å². The number of benzene rings is 1. The van der Waals surface area contributed by atoms with E-state index in [0.717, 1.165) is 18.4 Å². The molecule has 1 spiro atoms. The zero-order chi connectivity index (χ0) is 13.7. The molecule has 2 fully saturated rings. The van der Waals surface area contributed by atoms with Gasteiger partial charge in [0.15, 0.2) is 4.87 Å². The van der Waals surface area contributed by atoms with Gasteiger partial charge in [-0.05, 0) is 18.4 Å². The highest BCUT2D eigenvalue weighted by molar-refractivity contribution is 6.36. The smallest absolute Gasteiger partial charge is 0.332 e. The molecule has 3 rings (SSSR count). The standard InChI is InChI=1S/C14H16ClNO3/c1-16-11(10-6-4-3-5-7-10)14(15,12(17)18-2)13(19-16)8-9-13/h3-7,11H,8-9H2,1-2H3/t11-,14+/m0/s1. The first-order valence-corrected chi connectivity index (χ1v) is 6.67. The fourth-order valence-corrected chi connectivity index (χ4v) is 3.55. The Balaban J connectivity index is 2.08. The minimum absolute atomic E-state index is 0.342. The molecule has 1 aliphatic carbocycles. The van der Waals surface area contributed by atoms with Crippen molar-refractivity contribution in [3.8, 4) is 0 Å². The van der Waals surface area contributed by atoms with Gasteiger partial charge < -0.3 is 4.74 Å². The molecule has 1 saturated heterocycles. The second-order valence-electron chi connectivity index (χ2n) is 5.15. The summed E-state index contributed by atoms with van der Waals surface area (Å²) in [5.41, 5.74) is 0.339. The Kier molecular flexibility index (Phi) is 2.85. The number of carbonyl (C=O) groups is 1. The molecule has 2 atom stereocenters. The summed E-state index contributed by atoms with van der Waals surface area (Å²) < 4.78 is 4.94. The Hall–Kier alpha value is -1.10. The molecule has 1 heterocycles. The Morgan fingerprint density at radius 1 is 1.42 bits per heavy atom. The SMILES string of the molecule is COC(=O)[C@]1(Cl)[C@H](c2ccccc2)N(C)OC12CC2. The average molecular weight is 282 g/mol. The highest BCUT2D eigenvalue weighted by Gasteiger charge is 2.74. The molecule has 1 aliphatic heterocycles. The number of ether oxygens (including phenoxy) is 1. The largest absolute Gasteiger partial charge is 0.468 e. The number of hydrogen-bond acceptors (Lipinski definition) is 4. The molecular weight excluding hydrogens is 266 g/mol. The Labute approximate surface area is 117 Å². The zero-order valence-corrected chi connectivity index (χ0v) is 11.7. The maximum atomic E-state index is 12.3. The summed E-state index contributed by atoms with van der Waals surface area (Å²) in [5, 5.41) is 1.69. The van der Waals surface area contributed by atoms with Gasteiger partial charge in [0.05, 0.1) is 13.2 Å². The Morgan fingerprint density at radius 3 is 2.58 bits per heavy atom. The number of hydrogen-bond donors (Lipinski definition) is 0. The third kappa shape index (κ3) is 1.64. The van der Waals surface area contributed by atoms with E-state index in [1.54, 1.807) is 5.06 Å². The van der Waals surface area contributed by atoms with Crippen molar-refractivity contribution in [2.75, 3.05) is 14.2 Å². The van der Waals surface area contributed by atoms with Crippen LogP contribution in [0.5, 0.6) is 0 Å². The van der Waals surface area contributed by atoms with Gasteiger partial charge in [-0.15, -0.1) is 11.6 Å². The molecule has 4 nitrogen and oxygen atoms in total. The minimum Gasteiger partial charge on any atom is -0.468 e. The lowest BCUT2D eigenvalue weighted by Crippen LogP contribution is -2.48. The fourth-order valence-electron chi connectivity index (χ4n) is 2.98. The normalized spacial score (nSPS) is 32.5. The van der Waals surface area contributed by atoms with Crippen LogP contribution in [0.3, 0.4) is 0 Å². The third-order valence-electron chi connectivity index (χ3n) is 4.02. The van der Waals surface area contributed by atoms with Crippen LogP contribution in [0, 0.1) is 0 Å². The summed E-state index contributed by atoms with van der Waals surface area (Å²) in [5.74, 6) is -0.426. The van der Waals surface area contributed by atoms with E-state index in [-0.39, 0.29) is 6.04 Å². The van der Waals surface area contributed by atoms with Gasteiger partial charge >= 0.3 is 5.97 Å². The summed E-state index contributed by atoms with van der Waals surface area (Å²) >= 11 is 6.73. The van der Waals surface area contributed by atoms with Crippen LogP contribution in [-0.4, -0.2) is 35.7 Å². The predicted molar refractivity (Wildman–Crippen MR) is 70.6 cm³/mol. The number of esters is 1. The van der Waals surface area contributed by atoms with Crippen molar-refractivity contribution in [2.45, 2.75) is 29.4 Å². The predicted octanol–water partition coefficient (Wildman–Crippen LogP) is 2.29. The first-order valence-electron chi connectivity index (χ1n) is 6.29. The van der Waals surface area contributed by atoms with Gasteiger partial charge in [-0.1, -0.05) is 30.3 Å². The van der Waals surface area contributed by atoms with E-state index < -0.39 is 16.4 Å². The molecule has 0 amide bonds. The summed E-state index contributed by atoms with van der Waals surface area (Å²) in [6.45, 7) is 0. The molecule has 5 heteroatoms. The van der Waals surface area contributed by atoms with Crippen molar-refractivity contribution in [3.05, 3.63) is 35.9 Å². The molecule has 2 aliphatic rings. The number of carbonyl (C=O) groups excluding carboxylic acids is 1. The summed E-state index contributed by atoms with van der Waals surface area (Å²) in [6, 6.07) is 9.34. The lowest BCUT2D eigenvalue weighted by molar-refractivity contribution is -0.158. The molecule has 102 valence electrons. The van der Waals surface area contributed by atoms with Gasteiger partial charge in [0.25, 0.3) is 0 Å². The first-order chi connectivity index (χ1) is 9.05. The quantitative estimate of drug-likeness (QED) is 0.616. The van der Waals surface area contributed by atoms with Gasteiger partial charge in [-0.25, -0.2) is 4.79 Å². The molecular formula is C14H16ClNO3. The maximum absolute atomic E-state index is 12.3. The Morgan fingerprint density at radius 2 is 2.05 bits per heavy atom. The van der Waals surface area contributed by atoms with E-state index in [0.29, 0.717) is 0 Å². The van der Waals surface area contributed by atoms with Crippen molar-refractivity contribution >= 4 is 17.6 Å². The van der Waals surface area contributed by atoms with Crippen LogP contribution in [0.15, 0.2) is 30.3 Å². The van der Waals surface area contributed by atoms with Crippen LogP contribution in [0.2, 0.25) is 0 Å². The lowest BCUT2D eigenvalue weighted by atomic mass is 9.87. The van der Waals surface area contributed by atoms with E-state index in [1.165, 1.54) is 7.11 Å². The number of methoxy groups -OCH3 is 1. The first kappa shape index (κ1) is 12.9. The molecule has 0 unspecified atom stereocenters. The van der Waals surface area contributed by atoms with Crippen LogP contribution >= 0.6 is 11.6 Å².